The highest BCUT2D eigenvalue weighted by Gasteiger charge is 2.15. The van der Waals surface area contributed by atoms with Crippen LogP contribution in [-0.4, -0.2) is 37.2 Å². The molecule has 0 unspecified atom stereocenters. The summed E-state index contributed by atoms with van der Waals surface area (Å²) in [6, 6.07) is 19.5. The van der Waals surface area contributed by atoms with Crippen molar-refractivity contribution in [3.63, 3.8) is 0 Å². The normalized spacial score (nSPS) is 13.8. The van der Waals surface area contributed by atoms with Crippen LogP contribution in [0.4, 0.5) is 22.9 Å². The molecule has 1 saturated heterocycles. The minimum absolute atomic E-state index is 0.179. The average molecular weight is 388 g/mol. The number of carbonyl (C=O) groups is 1. The van der Waals surface area contributed by atoms with Crippen LogP contribution < -0.4 is 15.5 Å². The molecule has 1 aromatic heterocycles. The second kappa shape index (κ2) is 8.75. The fourth-order valence-electron chi connectivity index (χ4n) is 3.24. The quantitative estimate of drug-likeness (QED) is 0.685. The summed E-state index contributed by atoms with van der Waals surface area (Å²) >= 11 is 0. The number of aryl methyl sites for hydroxylation is 1. The number of benzene rings is 2. The first-order valence-electron chi connectivity index (χ1n) is 9.72. The van der Waals surface area contributed by atoms with E-state index in [4.69, 9.17) is 4.74 Å². The molecule has 0 atom stereocenters. The van der Waals surface area contributed by atoms with Gasteiger partial charge in [0.15, 0.2) is 0 Å². The predicted molar refractivity (Wildman–Crippen MR) is 116 cm³/mol. The van der Waals surface area contributed by atoms with Crippen LogP contribution in [0.2, 0.25) is 0 Å². The molecule has 0 bridgehead atoms. The van der Waals surface area contributed by atoms with E-state index in [-0.39, 0.29) is 5.91 Å². The zero-order valence-electron chi connectivity index (χ0n) is 16.4. The SMILES string of the molecule is Cc1ccc(NC(=O)c2ccc(Nc3ccccc3N3CCOCC3)nc2)cc1. The van der Waals surface area contributed by atoms with Gasteiger partial charge in [-0.3, -0.25) is 4.79 Å². The lowest BCUT2D eigenvalue weighted by Gasteiger charge is -2.30. The number of para-hydroxylation sites is 2. The Labute approximate surface area is 170 Å². The van der Waals surface area contributed by atoms with Gasteiger partial charge in [0, 0.05) is 25.0 Å². The van der Waals surface area contributed by atoms with E-state index >= 15 is 0 Å². The van der Waals surface area contributed by atoms with E-state index in [1.165, 1.54) is 0 Å². The van der Waals surface area contributed by atoms with Crippen molar-refractivity contribution < 1.29 is 9.53 Å². The zero-order chi connectivity index (χ0) is 20.1. The molecule has 148 valence electrons. The highest BCUT2D eigenvalue weighted by Crippen LogP contribution is 2.28. The number of carbonyl (C=O) groups excluding carboxylic acids is 1. The van der Waals surface area contributed by atoms with Gasteiger partial charge < -0.3 is 20.3 Å². The van der Waals surface area contributed by atoms with Crippen molar-refractivity contribution in [2.75, 3.05) is 41.8 Å². The van der Waals surface area contributed by atoms with Crippen LogP contribution in [-0.2, 0) is 4.74 Å². The molecule has 0 aliphatic carbocycles. The molecule has 1 amide bonds. The number of amides is 1. The highest BCUT2D eigenvalue weighted by atomic mass is 16.5. The molecule has 1 aliphatic rings. The zero-order valence-corrected chi connectivity index (χ0v) is 16.4. The van der Waals surface area contributed by atoms with Crippen LogP contribution >= 0.6 is 0 Å². The van der Waals surface area contributed by atoms with E-state index in [0.717, 1.165) is 48.9 Å². The number of rotatable bonds is 5. The average Bonchev–Trinajstić information content (AvgIpc) is 2.77. The molecule has 0 spiro atoms. The van der Waals surface area contributed by atoms with Gasteiger partial charge in [0.2, 0.25) is 0 Å². The molecule has 1 aliphatic heterocycles. The van der Waals surface area contributed by atoms with Gasteiger partial charge in [-0.15, -0.1) is 0 Å². The van der Waals surface area contributed by atoms with Crippen molar-refractivity contribution in [3.8, 4) is 0 Å². The van der Waals surface area contributed by atoms with Crippen LogP contribution in [0.3, 0.4) is 0 Å². The van der Waals surface area contributed by atoms with E-state index in [1.807, 2.05) is 55.5 Å². The first-order valence-corrected chi connectivity index (χ1v) is 9.72. The number of aromatic nitrogens is 1. The van der Waals surface area contributed by atoms with Crippen molar-refractivity contribution in [2.45, 2.75) is 6.92 Å². The van der Waals surface area contributed by atoms with E-state index in [1.54, 1.807) is 12.3 Å². The third kappa shape index (κ3) is 4.73. The Morgan fingerprint density at radius 3 is 2.48 bits per heavy atom. The maximum Gasteiger partial charge on any atom is 0.257 e. The van der Waals surface area contributed by atoms with E-state index in [2.05, 4.69) is 26.6 Å². The van der Waals surface area contributed by atoms with Gasteiger partial charge in [0.1, 0.15) is 5.82 Å². The summed E-state index contributed by atoms with van der Waals surface area (Å²) in [5.74, 6) is 0.513. The van der Waals surface area contributed by atoms with Crippen molar-refractivity contribution in [2.24, 2.45) is 0 Å². The molecule has 2 heterocycles. The maximum atomic E-state index is 12.4. The summed E-state index contributed by atoms with van der Waals surface area (Å²) in [7, 11) is 0. The minimum Gasteiger partial charge on any atom is -0.378 e. The molecular formula is C23H24N4O2. The summed E-state index contributed by atoms with van der Waals surface area (Å²) < 4.78 is 5.45. The summed E-state index contributed by atoms with van der Waals surface area (Å²) in [5.41, 5.74) is 4.54. The standard InChI is InChI=1S/C23H24N4O2/c1-17-6-9-19(10-7-17)25-23(28)18-8-11-22(24-16-18)26-20-4-2-3-5-21(20)27-12-14-29-15-13-27/h2-11,16H,12-15H2,1H3,(H,24,26)(H,25,28). The summed E-state index contributed by atoms with van der Waals surface area (Å²) in [4.78, 5) is 19.2. The third-order valence-electron chi connectivity index (χ3n) is 4.85. The van der Waals surface area contributed by atoms with Crippen LogP contribution in [0.25, 0.3) is 0 Å². The number of pyridine rings is 1. The Balaban J connectivity index is 1.45. The lowest BCUT2D eigenvalue weighted by molar-refractivity contribution is 0.102. The molecule has 1 fully saturated rings. The molecule has 2 aromatic carbocycles. The van der Waals surface area contributed by atoms with Crippen LogP contribution in [0.1, 0.15) is 15.9 Å². The van der Waals surface area contributed by atoms with Crippen molar-refractivity contribution in [3.05, 3.63) is 78.0 Å². The number of hydrogen-bond donors (Lipinski definition) is 2. The third-order valence-corrected chi connectivity index (χ3v) is 4.85. The summed E-state index contributed by atoms with van der Waals surface area (Å²) in [6.45, 7) is 5.21. The number of hydrogen-bond acceptors (Lipinski definition) is 5. The van der Waals surface area contributed by atoms with Crippen LogP contribution in [0.5, 0.6) is 0 Å². The Hall–Kier alpha value is -3.38. The van der Waals surface area contributed by atoms with Gasteiger partial charge in [-0.25, -0.2) is 4.98 Å². The lowest BCUT2D eigenvalue weighted by atomic mass is 10.2. The predicted octanol–water partition coefficient (Wildman–Crippen LogP) is 4.22. The van der Waals surface area contributed by atoms with Crippen LogP contribution in [0.15, 0.2) is 66.9 Å². The van der Waals surface area contributed by atoms with Gasteiger partial charge in [-0.2, -0.15) is 0 Å². The minimum atomic E-state index is -0.179. The Morgan fingerprint density at radius 2 is 1.76 bits per heavy atom. The summed E-state index contributed by atoms with van der Waals surface area (Å²) in [5, 5.41) is 6.26. The molecule has 0 radical (unpaired) electrons. The number of morpholine rings is 1. The van der Waals surface area contributed by atoms with Crippen molar-refractivity contribution in [1.82, 2.24) is 4.98 Å². The monoisotopic (exact) mass is 388 g/mol. The van der Waals surface area contributed by atoms with E-state index < -0.39 is 0 Å². The van der Waals surface area contributed by atoms with Gasteiger partial charge in [-0.05, 0) is 43.3 Å². The highest BCUT2D eigenvalue weighted by molar-refractivity contribution is 6.04. The number of nitrogens with zero attached hydrogens (tertiary/aromatic N) is 2. The number of ether oxygens (including phenoxy) is 1. The molecule has 0 saturated carbocycles. The molecule has 6 nitrogen and oxygen atoms in total. The Morgan fingerprint density at radius 1 is 1.00 bits per heavy atom. The van der Waals surface area contributed by atoms with Gasteiger partial charge >= 0.3 is 0 Å². The van der Waals surface area contributed by atoms with Crippen LogP contribution in [0, 0.1) is 6.92 Å². The molecule has 4 rings (SSSR count). The summed E-state index contributed by atoms with van der Waals surface area (Å²) in [6.07, 6.45) is 1.59. The lowest BCUT2D eigenvalue weighted by Crippen LogP contribution is -2.36. The molecule has 29 heavy (non-hydrogen) atoms. The van der Waals surface area contributed by atoms with Gasteiger partial charge in [0.25, 0.3) is 5.91 Å². The van der Waals surface area contributed by atoms with Gasteiger partial charge in [0.05, 0.1) is 30.2 Å². The van der Waals surface area contributed by atoms with Crippen molar-refractivity contribution in [1.29, 1.82) is 0 Å². The van der Waals surface area contributed by atoms with Gasteiger partial charge in [-0.1, -0.05) is 29.8 Å². The first-order chi connectivity index (χ1) is 14.2. The fourth-order valence-corrected chi connectivity index (χ4v) is 3.24. The topological polar surface area (TPSA) is 66.5 Å². The Kier molecular flexibility index (Phi) is 5.72. The Bertz CT molecular complexity index is 965. The largest absolute Gasteiger partial charge is 0.378 e. The second-order valence-electron chi connectivity index (χ2n) is 6.99. The molecule has 2 N–H and O–H groups in total. The van der Waals surface area contributed by atoms with E-state index in [9.17, 15) is 4.79 Å². The molecule has 6 heteroatoms. The maximum absolute atomic E-state index is 12.4. The molecule has 3 aromatic rings. The molecular weight excluding hydrogens is 364 g/mol. The number of nitrogens with one attached hydrogen (secondary N) is 2. The first kappa shape index (κ1) is 19.0. The fraction of sp³-hybridized carbons (Fsp3) is 0.217. The van der Waals surface area contributed by atoms with E-state index in [0.29, 0.717) is 11.4 Å². The second-order valence-corrected chi connectivity index (χ2v) is 6.99. The van der Waals surface area contributed by atoms with Crippen molar-refractivity contribution >= 4 is 28.8 Å². The smallest absolute Gasteiger partial charge is 0.257 e. The number of anilines is 4.